The number of hydrogen-bond acceptors (Lipinski definition) is 5. The molecule has 10 heteroatoms. The number of hydrogen-bond donors (Lipinski definition) is 2. The van der Waals surface area contributed by atoms with E-state index in [2.05, 4.69) is 0 Å². The summed E-state index contributed by atoms with van der Waals surface area (Å²) in [7, 11) is -4.55. The van der Waals surface area contributed by atoms with E-state index < -0.39 is 43.4 Å². The lowest BCUT2D eigenvalue weighted by Gasteiger charge is -2.14. The van der Waals surface area contributed by atoms with E-state index in [-0.39, 0.29) is 6.42 Å². The fourth-order valence-electron chi connectivity index (χ4n) is 1.78. The number of nitrogens with one attached hydrogen (secondary N) is 1. The predicted molar refractivity (Wildman–Crippen MR) is 74.3 cm³/mol. The normalized spacial score (nSPS) is 12.8. The number of nitro benzene ring substituents is 1. The molecule has 122 valence electrons. The van der Waals surface area contributed by atoms with Gasteiger partial charge in [-0.05, 0) is 18.6 Å². The fraction of sp³-hybridized carbons (Fsp3) is 0.417. The maximum Gasteiger partial charge on any atom is 0.324 e. The number of nitro groups is 1. The van der Waals surface area contributed by atoms with Crippen LogP contribution in [0.25, 0.3) is 0 Å². The molecule has 1 rings (SSSR count). The minimum Gasteiger partial charge on any atom is -0.480 e. The zero-order chi connectivity index (χ0) is 16.9. The summed E-state index contributed by atoms with van der Waals surface area (Å²) < 4.78 is 39.6. The van der Waals surface area contributed by atoms with Crippen LogP contribution in [0.2, 0.25) is 0 Å². The van der Waals surface area contributed by atoms with E-state index >= 15 is 0 Å². The van der Waals surface area contributed by atoms with Gasteiger partial charge in [0.25, 0.3) is 0 Å². The Kier molecular flexibility index (Phi) is 5.94. The molecule has 0 saturated carbocycles. The number of carboxylic acid groups (broad SMARTS) is 1. The number of aliphatic carboxylic acids is 1. The molecular weight excluding hydrogens is 319 g/mol. The van der Waals surface area contributed by atoms with Crippen molar-refractivity contribution in [2.75, 3.05) is 0 Å². The number of carboxylic acids is 1. The number of benzene rings is 1. The SMILES string of the molecule is CCCCC(NS(=O)(=O)c1cccc(F)c1[N+](=O)[O-])C(=O)O. The van der Waals surface area contributed by atoms with Crippen LogP contribution in [-0.4, -0.2) is 30.5 Å². The van der Waals surface area contributed by atoms with E-state index in [4.69, 9.17) is 5.11 Å². The second kappa shape index (κ2) is 7.27. The van der Waals surface area contributed by atoms with Crippen molar-refractivity contribution in [1.29, 1.82) is 0 Å². The van der Waals surface area contributed by atoms with Gasteiger partial charge in [-0.15, -0.1) is 0 Å². The van der Waals surface area contributed by atoms with Crippen molar-refractivity contribution < 1.29 is 27.6 Å². The van der Waals surface area contributed by atoms with Gasteiger partial charge < -0.3 is 5.11 Å². The molecule has 0 spiro atoms. The standard InChI is InChI=1S/C12H15FN2O6S/c1-2-3-6-9(12(16)17)14-22(20,21)10-7-4-5-8(13)11(10)15(18)19/h4-5,7,9,14H,2-3,6H2,1H3,(H,16,17). The minimum absolute atomic E-state index is 0.0220. The van der Waals surface area contributed by atoms with Crippen LogP contribution in [0.5, 0.6) is 0 Å². The van der Waals surface area contributed by atoms with Crippen LogP contribution in [0.4, 0.5) is 10.1 Å². The Balaban J connectivity index is 3.22. The van der Waals surface area contributed by atoms with Crippen molar-refractivity contribution in [3.8, 4) is 0 Å². The van der Waals surface area contributed by atoms with Gasteiger partial charge in [0.05, 0.1) is 4.92 Å². The average Bonchev–Trinajstić information content (AvgIpc) is 2.42. The highest BCUT2D eigenvalue weighted by molar-refractivity contribution is 7.89. The van der Waals surface area contributed by atoms with E-state index in [0.29, 0.717) is 12.8 Å². The van der Waals surface area contributed by atoms with Gasteiger partial charge in [-0.3, -0.25) is 14.9 Å². The molecule has 1 aromatic carbocycles. The number of rotatable bonds is 8. The van der Waals surface area contributed by atoms with Gasteiger partial charge in [0, 0.05) is 0 Å². The molecule has 0 aromatic heterocycles. The Hall–Kier alpha value is -2.07. The van der Waals surface area contributed by atoms with Gasteiger partial charge in [-0.25, -0.2) is 8.42 Å². The summed E-state index contributed by atoms with van der Waals surface area (Å²) in [6, 6.07) is 1.16. The molecule has 0 fully saturated rings. The lowest BCUT2D eigenvalue weighted by molar-refractivity contribution is -0.390. The molecule has 0 aliphatic rings. The molecule has 0 bridgehead atoms. The van der Waals surface area contributed by atoms with Crippen molar-refractivity contribution in [3.05, 3.63) is 34.1 Å². The fourth-order valence-corrected chi connectivity index (χ4v) is 3.19. The van der Waals surface area contributed by atoms with Crippen molar-refractivity contribution in [2.45, 2.75) is 37.1 Å². The molecule has 0 aliphatic carbocycles. The molecule has 1 atom stereocenters. The summed E-state index contributed by atoms with van der Waals surface area (Å²) >= 11 is 0. The Morgan fingerprint density at radius 1 is 1.50 bits per heavy atom. The van der Waals surface area contributed by atoms with Crippen LogP contribution in [0.15, 0.2) is 23.1 Å². The Morgan fingerprint density at radius 3 is 2.64 bits per heavy atom. The Bertz CT molecular complexity index is 676. The quantitative estimate of drug-likeness (QED) is 0.550. The summed E-state index contributed by atoms with van der Waals surface area (Å²) in [5.41, 5.74) is -1.21. The zero-order valence-electron chi connectivity index (χ0n) is 11.7. The predicted octanol–water partition coefficient (Wildman–Crippen LogP) is 1.66. The van der Waals surface area contributed by atoms with E-state index in [1.165, 1.54) is 0 Å². The second-order valence-corrected chi connectivity index (χ2v) is 6.18. The number of sulfonamides is 1. The van der Waals surface area contributed by atoms with Gasteiger partial charge in [0.15, 0.2) is 4.90 Å². The summed E-state index contributed by atoms with van der Waals surface area (Å²) in [5, 5.41) is 19.8. The maximum atomic E-state index is 13.5. The van der Waals surface area contributed by atoms with Crippen LogP contribution in [-0.2, 0) is 14.8 Å². The van der Waals surface area contributed by atoms with Crippen molar-refractivity contribution in [1.82, 2.24) is 4.72 Å². The van der Waals surface area contributed by atoms with Crippen LogP contribution in [0.3, 0.4) is 0 Å². The first-order valence-corrected chi connectivity index (χ1v) is 7.87. The van der Waals surface area contributed by atoms with Crippen molar-refractivity contribution in [2.24, 2.45) is 0 Å². The smallest absolute Gasteiger partial charge is 0.324 e. The summed E-state index contributed by atoms with van der Waals surface area (Å²) in [4.78, 5) is 19.8. The number of halogens is 1. The third-order valence-electron chi connectivity index (χ3n) is 2.86. The second-order valence-electron chi connectivity index (χ2n) is 4.50. The van der Waals surface area contributed by atoms with Crippen LogP contribution in [0.1, 0.15) is 26.2 Å². The molecular formula is C12H15FN2O6S. The lowest BCUT2D eigenvalue weighted by atomic mass is 10.1. The number of nitrogens with zero attached hydrogens (tertiary/aromatic N) is 1. The molecule has 0 saturated heterocycles. The molecule has 2 N–H and O–H groups in total. The third-order valence-corrected chi connectivity index (χ3v) is 4.37. The molecule has 8 nitrogen and oxygen atoms in total. The number of unbranched alkanes of at least 4 members (excludes halogenated alkanes) is 1. The largest absolute Gasteiger partial charge is 0.480 e. The van der Waals surface area contributed by atoms with E-state index in [0.717, 1.165) is 18.2 Å². The summed E-state index contributed by atoms with van der Waals surface area (Å²) in [5.74, 6) is -2.72. The highest BCUT2D eigenvalue weighted by Gasteiger charge is 2.32. The van der Waals surface area contributed by atoms with Crippen LogP contribution < -0.4 is 4.72 Å². The van der Waals surface area contributed by atoms with Crippen molar-refractivity contribution >= 4 is 21.7 Å². The van der Waals surface area contributed by atoms with Gasteiger partial charge in [-0.1, -0.05) is 25.8 Å². The van der Waals surface area contributed by atoms with Crippen LogP contribution in [0, 0.1) is 15.9 Å². The third kappa shape index (κ3) is 4.21. The van der Waals surface area contributed by atoms with Gasteiger partial charge >= 0.3 is 11.7 Å². The van der Waals surface area contributed by atoms with Gasteiger partial charge in [-0.2, -0.15) is 9.11 Å². The highest BCUT2D eigenvalue weighted by Crippen LogP contribution is 2.26. The van der Waals surface area contributed by atoms with Gasteiger partial charge in [0.2, 0.25) is 15.8 Å². The number of para-hydroxylation sites is 1. The molecule has 0 radical (unpaired) electrons. The first kappa shape index (κ1) is 18.0. The van der Waals surface area contributed by atoms with Crippen molar-refractivity contribution in [3.63, 3.8) is 0 Å². The topological polar surface area (TPSA) is 127 Å². The van der Waals surface area contributed by atoms with Crippen LogP contribution >= 0.6 is 0 Å². The van der Waals surface area contributed by atoms with Gasteiger partial charge in [0.1, 0.15) is 6.04 Å². The monoisotopic (exact) mass is 334 g/mol. The van der Waals surface area contributed by atoms with E-state index in [9.17, 15) is 27.7 Å². The molecule has 0 amide bonds. The molecule has 22 heavy (non-hydrogen) atoms. The Labute approximate surface area is 126 Å². The molecule has 1 unspecified atom stereocenters. The summed E-state index contributed by atoms with van der Waals surface area (Å²) in [6.07, 6.45) is 1.12. The first-order chi connectivity index (χ1) is 10.2. The number of carbonyl (C=O) groups is 1. The maximum absolute atomic E-state index is 13.5. The average molecular weight is 334 g/mol. The zero-order valence-corrected chi connectivity index (χ0v) is 12.5. The highest BCUT2D eigenvalue weighted by atomic mass is 32.2. The minimum atomic E-state index is -4.55. The van der Waals surface area contributed by atoms with E-state index in [1.54, 1.807) is 6.92 Å². The lowest BCUT2D eigenvalue weighted by Crippen LogP contribution is -2.40. The first-order valence-electron chi connectivity index (χ1n) is 6.38. The molecule has 1 aromatic rings. The van der Waals surface area contributed by atoms with E-state index in [1.807, 2.05) is 4.72 Å². The molecule has 0 aliphatic heterocycles. The summed E-state index contributed by atoms with van der Waals surface area (Å²) in [6.45, 7) is 1.80. The molecule has 0 heterocycles. The Morgan fingerprint density at radius 2 is 2.14 bits per heavy atom.